The Morgan fingerprint density at radius 2 is 2.26 bits per heavy atom. The molecule has 2 aromatic rings. The van der Waals surface area contributed by atoms with E-state index in [0.29, 0.717) is 16.6 Å². The summed E-state index contributed by atoms with van der Waals surface area (Å²) in [5.41, 5.74) is 3.15. The van der Waals surface area contributed by atoms with Crippen molar-refractivity contribution in [3.63, 3.8) is 0 Å². The number of benzene rings is 1. The molecule has 6 heteroatoms. The number of nitrogens with zero attached hydrogens (tertiary/aromatic N) is 2. The van der Waals surface area contributed by atoms with Crippen molar-refractivity contribution < 1.29 is 9.18 Å². The molecular formula is C13H12BrFN2OS. The number of aryl methyl sites for hydroxylation is 1. The van der Waals surface area contributed by atoms with Crippen LogP contribution in [0.3, 0.4) is 0 Å². The summed E-state index contributed by atoms with van der Waals surface area (Å²) in [5.74, 6) is -0.522. The summed E-state index contributed by atoms with van der Waals surface area (Å²) in [7, 11) is 1.72. The molecule has 0 atom stereocenters. The number of thiazole rings is 1. The zero-order chi connectivity index (χ0) is 14.0. The Morgan fingerprint density at radius 3 is 2.84 bits per heavy atom. The summed E-state index contributed by atoms with van der Waals surface area (Å²) in [6.07, 6.45) is 0. The fraction of sp³-hybridized carbons (Fsp3) is 0.231. The highest BCUT2D eigenvalue weighted by Crippen LogP contribution is 2.19. The van der Waals surface area contributed by atoms with E-state index in [-0.39, 0.29) is 11.7 Å². The van der Waals surface area contributed by atoms with Gasteiger partial charge in [0.15, 0.2) is 0 Å². The van der Waals surface area contributed by atoms with Gasteiger partial charge in [-0.25, -0.2) is 9.37 Å². The summed E-state index contributed by atoms with van der Waals surface area (Å²) < 4.78 is 13.4. The summed E-state index contributed by atoms with van der Waals surface area (Å²) in [5, 5.41) is 0. The molecule has 100 valence electrons. The lowest BCUT2D eigenvalue weighted by Crippen LogP contribution is -2.26. The molecule has 0 aliphatic carbocycles. The van der Waals surface area contributed by atoms with Gasteiger partial charge in [0, 0.05) is 17.5 Å². The lowest BCUT2D eigenvalue weighted by atomic mass is 10.2. The minimum absolute atomic E-state index is 0.145. The Balaban J connectivity index is 2.15. The van der Waals surface area contributed by atoms with Gasteiger partial charge in [-0.1, -0.05) is 0 Å². The molecule has 1 amide bonds. The van der Waals surface area contributed by atoms with Crippen LogP contribution < -0.4 is 0 Å². The van der Waals surface area contributed by atoms with Gasteiger partial charge in [-0.2, -0.15) is 0 Å². The Morgan fingerprint density at radius 1 is 1.53 bits per heavy atom. The van der Waals surface area contributed by atoms with Crippen LogP contribution >= 0.6 is 27.3 Å². The maximum atomic E-state index is 13.1. The maximum absolute atomic E-state index is 13.1. The molecule has 0 aliphatic rings. The fourth-order valence-corrected chi connectivity index (χ4v) is 2.82. The number of amides is 1. The number of carbonyl (C=O) groups is 1. The zero-order valence-electron chi connectivity index (χ0n) is 10.5. The average molecular weight is 343 g/mol. The molecule has 0 aliphatic heterocycles. The number of hydrogen-bond donors (Lipinski definition) is 0. The highest BCUT2D eigenvalue weighted by atomic mass is 79.9. The molecule has 1 aromatic carbocycles. The van der Waals surface area contributed by atoms with Crippen molar-refractivity contribution in [2.24, 2.45) is 0 Å². The molecular weight excluding hydrogens is 331 g/mol. The monoisotopic (exact) mass is 342 g/mol. The normalized spacial score (nSPS) is 10.5. The third kappa shape index (κ3) is 3.19. The van der Waals surface area contributed by atoms with Gasteiger partial charge in [0.1, 0.15) is 5.82 Å². The molecule has 0 spiro atoms. The average Bonchev–Trinajstić information content (AvgIpc) is 2.77. The largest absolute Gasteiger partial charge is 0.336 e. The second-order valence-electron chi connectivity index (χ2n) is 4.15. The third-order valence-corrected chi connectivity index (χ3v) is 4.27. The van der Waals surface area contributed by atoms with Crippen molar-refractivity contribution in [3.05, 3.63) is 50.1 Å². The van der Waals surface area contributed by atoms with E-state index in [2.05, 4.69) is 20.9 Å². The third-order valence-electron chi connectivity index (χ3n) is 2.74. The topological polar surface area (TPSA) is 33.2 Å². The lowest BCUT2D eigenvalue weighted by Gasteiger charge is -2.16. The molecule has 1 heterocycles. The van der Waals surface area contributed by atoms with Gasteiger partial charge in [-0.15, -0.1) is 11.3 Å². The first-order chi connectivity index (χ1) is 8.99. The molecule has 19 heavy (non-hydrogen) atoms. The first kappa shape index (κ1) is 14.1. The lowest BCUT2D eigenvalue weighted by molar-refractivity contribution is 0.0786. The number of halogens is 2. The SMILES string of the molecule is Cc1ncsc1CN(C)C(=O)c1ccc(F)c(Br)c1. The summed E-state index contributed by atoms with van der Waals surface area (Å²) >= 11 is 4.60. The van der Waals surface area contributed by atoms with E-state index in [9.17, 15) is 9.18 Å². The van der Waals surface area contributed by atoms with Crippen molar-refractivity contribution in [3.8, 4) is 0 Å². The molecule has 0 unspecified atom stereocenters. The highest BCUT2D eigenvalue weighted by Gasteiger charge is 2.15. The first-order valence-corrected chi connectivity index (χ1v) is 7.26. The van der Waals surface area contributed by atoms with Gasteiger partial charge < -0.3 is 4.90 Å². The van der Waals surface area contributed by atoms with Crippen LogP contribution in [0.15, 0.2) is 28.2 Å². The van der Waals surface area contributed by atoms with E-state index < -0.39 is 0 Å². The maximum Gasteiger partial charge on any atom is 0.253 e. The van der Waals surface area contributed by atoms with Gasteiger partial charge in [-0.3, -0.25) is 4.79 Å². The van der Waals surface area contributed by atoms with Crippen molar-refractivity contribution in [2.75, 3.05) is 7.05 Å². The number of carbonyl (C=O) groups excluding carboxylic acids is 1. The first-order valence-electron chi connectivity index (χ1n) is 5.58. The quantitative estimate of drug-likeness (QED) is 0.853. The van der Waals surface area contributed by atoms with Crippen molar-refractivity contribution in [1.29, 1.82) is 0 Å². The molecule has 0 radical (unpaired) electrons. The van der Waals surface area contributed by atoms with Gasteiger partial charge in [-0.05, 0) is 41.1 Å². The standard InChI is InChI=1S/C13H12BrFN2OS/c1-8-12(19-7-16-8)6-17(2)13(18)9-3-4-11(15)10(14)5-9/h3-5,7H,6H2,1-2H3. The number of rotatable bonds is 3. The van der Waals surface area contributed by atoms with Crippen LogP contribution in [-0.2, 0) is 6.54 Å². The van der Waals surface area contributed by atoms with Gasteiger partial charge >= 0.3 is 0 Å². The van der Waals surface area contributed by atoms with Crippen molar-refractivity contribution in [2.45, 2.75) is 13.5 Å². The second kappa shape index (κ2) is 5.79. The predicted octanol–water partition coefficient (Wildman–Crippen LogP) is 3.63. The van der Waals surface area contributed by atoms with Crippen LogP contribution in [-0.4, -0.2) is 22.8 Å². The van der Waals surface area contributed by atoms with Crippen LogP contribution in [0.4, 0.5) is 4.39 Å². The van der Waals surface area contributed by atoms with E-state index >= 15 is 0 Å². The van der Waals surface area contributed by atoms with Gasteiger partial charge in [0.2, 0.25) is 0 Å². The summed E-state index contributed by atoms with van der Waals surface area (Å²) in [6.45, 7) is 2.42. The van der Waals surface area contributed by atoms with Crippen LogP contribution in [0.25, 0.3) is 0 Å². The number of aromatic nitrogens is 1. The smallest absolute Gasteiger partial charge is 0.253 e. The minimum Gasteiger partial charge on any atom is -0.336 e. The van der Waals surface area contributed by atoms with E-state index in [4.69, 9.17) is 0 Å². The molecule has 0 fully saturated rings. The van der Waals surface area contributed by atoms with Crippen molar-refractivity contribution in [1.82, 2.24) is 9.88 Å². The van der Waals surface area contributed by atoms with E-state index in [0.717, 1.165) is 10.6 Å². The Kier molecular flexibility index (Phi) is 4.31. The Bertz CT molecular complexity index is 614. The van der Waals surface area contributed by atoms with E-state index in [1.54, 1.807) is 17.5 Å². The van der Waals surface area contributed by atoms with Crippen LogP contribution in [0.2, 0.25) is 0 Å². The highest BCUT2D eigenvalue weighted by molar-refractivity contribution is 9.10. The summed E-state index contributed by atoms with van der Waals surface area (Å²) in [4.78, 5) is 19.0. The molecule has 0 saturated carbocycles. The molecule has 3 nitrogen and oxygen atoms in total. The molecule has 0 bridgehead atoms. The van der Waals surface area contributed by atoms with Gasteiger partial charge in [0.25, 0.3) is 5.91 Å². The predicted molar refractivity (Wildman–Crippen MR) is 76.7 cm³/mol. The fourth-order valence-electron chi connectivity index (χ4n) is 1.61. The summed E-state index contributed by atoms with van der Waals surface area (Å²) in [6, 6.07) is 4.26. The van der Waals surface area contributed by atoms with Crippen molar-refractivity contribution >= 4 is 33.2 Å². The van der Waals surface area contributed by atoms with E-state index in [1.807, 2.05) is 6.92 Å². The Labute approximate surface area is 123 Å². The Hall–Kier alpha value is -1.27. The second-order valence-corrected chi connectivity index (χ2v) is 5.94. The van der Waals surface area contributed by atoms with E-state index in [1.165, 1.54) is 29.5 Å². The van der Waals surface area contributed by atoms with Gasteiger partial charge in [0.05, 0.1) is 22.2 Å². The zero-order valence-corrected chi connectivity index (χ0v) is 12.9. The van der Waals surface area contributed by atoms with Crippen LogP contribution in [0.1, 0.15) is 20.9 Å². The van der Waals surface area contributed by atoms with Crippen LogP contribution in [0, 0.1) is 12.7 Å². The number of hydrogen-bond acceptors (Lipinski definition) is 3. The molecule has 0 saturated heterocycles. The van der Waals surface area contributed by atoms with Crippen LogP contribution in [0.5, 0.6) is 0 Å². The molecule has 0 N–H and O–H groups in total. The molecule has 2 rings (SSSR count). The minimum atomic E-state index is -0.377. The molecule has 1 aromatic heterocycles.